The zero-order valence-electron chi connectivity index (χ0n) is 19.2. The van der Waals surface area contributed by atoms with E-state index in [-0.39, 0.29) is 12.5 Å². The van der Waals surface area contributed by atoms with Gasteiger partial charge >= 0.3 is 0 Å². The first-order valence-electron chi connectivity index (χ1n) is 11.6. The lowest BCUT2D eigenvalue weighted by atomic mass is 10.3. The van der Waals surface area contributed by atoms with Crippen LogP contribution in [0.15, 0.2) is 48.5 Å². The minimum absolute atomic E-state index is 0.0264. The van der Waals surface area contributed by atoms with E-state index in [1.54, 1.807) is 12.1 Å². The van der Waals surface area contributed by atoms with Gasteiger partial charge in [0.15, 0.2) is 6.61 Å². The molecule has 2 heterocycles. The molecule has 0 spiro atoms. The number of benzene rings is 2. The summed E-state index contributed by atoms with van der Waals surface area (Å²) in [5, 5.41) is 2.94. The Labute approximate surface area is 194 Å². The van der Waals surface area contributed by atoms with Gasteiger partial charge in [0.2, 0.25) is 0 Å². The van der Waals surface area contributed by atoms with Gasteiger partial charge in [-0.05, 0) is 43.3 Å². The topological polar surface area (TPSA) is 77.8 Å². The summed E-state index contributed by atoms with van der Waals surface area (Å²) in [6.07, 6.45) is 0.659. The number of hydrogen-bond donors (Lipinski definition) is 1. The van der Waals surface area contributed by atoms with E-state index in [0.29, 0.717) is 25.3 Å². The Morgan fingerprint density at radius 3 is 2.52 bits per heavy atom. The fourth-order valence-electron chi connectivity index (χ4n) is 3.94. The maximum absolute atomic E-state index is 12.3. The maximum atomic E-state index is 12.3. The van der Waals surface area contributed by atoms with Crippen molar-refractivity contribution in [3.63, 3.8) is 0 Å². The normalized spacial score (nSPS) is 14.3. The number of fused-ring (bicyclic) bond motifs is 1. The SMILES string of the molecule is CCOc1ccc(OCC(=O)NCCc2nc3ccccc3n2CCN2CCOCC2)cc1. The maximum Gasteiger partial charge on any atom is 0.257 e. The Morgan fingerprint density at radius 2 is 1.76 bits per heavy atom. The number of morpholine rings is 1. The van der Waals surface area contributed by atoms with Crippen LogP contribution in [0, 0.1) is 0 Å². The number of carbonyl (C=O) groups excluding carboxylic acids is 1. The molecule has 0 atom stereocenters. The summed E-state index contributed by atoms with van der Waals surface area (Å²) in [7, 11) is 0. The van der Waals surface area contributed by atoms with Gasteiger partial charge in [0.25, 0.3) is 5.91 Å². The highest BCUT2D eigenvalue weighted by Gasteiger charge is 2.14. The molecule has 8 nitrogen and oxygen atoms in total. The molecule has 0 saturated carbocycles. The lowest BCUT2D eigenvalue weighted by Crippen LogP contribution is -2.38. The first-order chi connectivity index (χ1) is 16.2. The second-order valence-electron chi connectivity index (χ2n) is 7.92. The third-order valence-electron chi connectivity index (χ3n) is 5.65. The number of nitrogens with zero attached hydrogens (tertiary/aromatic N) is 3. The van der Waals surface area contributed by atoms with Gasteiger partial charge in [-0.1, -0.05) is 12.1 Å². The first-order valence-corrected chi connectivity index (χ1v) is 11.6. The van der Waals surface area contributed by atoms with Crippen molar-refractivity contribution in [2.45, 2.75) is 19.9 Å². The number of aromatic nitrogens is 2. The monoisotopic (exact) mass is 452 g/mol. The van der Waals surface area contributed by atoms with Crippen LogP contribution in [0.4, 0.5) is 0 Å². The zero-order chi connectivity index (χ0) is 22.9. The van der Waals surface area contributed by atoms with E-state index in [9.17, 15) is 4.79 Å². The summed E-state index contributed by atoms with van der Waals surface area (Å²) in [5.74, 6) is 2.25. The molecule has 4 rings (SSSR count). The smallest absolute Gasteiger partial charge is 0.257 e. The molecule has 3 aromatic rings. The van der Waals surface area contributed by atoms with Crippen LogP contribution in [0.3, 0.4) is 0 Å². The van der Waals surface area contributed by atoms with Crippen molar-refractivity contribution in [1.82, 2.24) is 19.8 Å². The molecule has 0 unspecified atom stereocenters. The van der Waals surface area contributed by atoms with Gasteiger partial charge in [-0.15, -0.1) is 0 Å². The van der Waals surface area contributed by atoms with Crippen molar-refractivity contribution in [3.8, 4) is 11.5 Å². The average molecular weight is 453 g/mol. The summed E-state index contributed by atoms with van der Waals surface area (Å²) < 4.78 is 18.7. The summed E-state index contributed by atoms with van der Waals surface area (Å²) in [4.78, 5) is 19.5. The number of rotatable bonds is 11. The number of hydrogen-bond acceptors (Lipinski definition) is 6. The molecule has 0 aliphatic carbocycles. The number of imidazole rings is 1. The number of nitrogens with one attached hydrogen (secondary N) is 1. The van der Waals surface area contributed by atoms with Gasteiger partial charge in [-0.3, -0.25) is 9.69 Å². The van der Waals surface area contributed by atoms with Crippen LogP contribution in [0.1, 0.15) is 12.7 Å². The van der Waals surface area contributed by atoms with Crippen molar-refractivity contribution in [2.75, 3.05) is 52.6 Å². The number of carbonyl (C=O) groups is 1. The third-order valence-corrected chi connectivity index (χ3v) is 5.65. The van der Waals surface area contributed by atoms with Crippen LogP contribution in [-0.2, 0) is 22.5 Å². The van der Waals surface area contributed by atoms with Gasteiger partial charge < -0.3 is 24.1 Å². The molecule has 176 valence electrons. The van der Waals surface area contributed by atoms with Crippen molar-refractivity contribution < 1.29 is 19.0 Å². The zero-order valence-corrected chi connectivity index (χ0v) is 19.2. The van der Waals surface area contributed by atoms with Crippen molar-refractivity contribution in [3.05, 3.63) is 54.4 Å². The highest BCUT2D eigenvalue weighted by Crippen LogP contribution is 2.18. The predicted molar refractivity (Wildman–Crippen MR) is 127 cm³/mol. The molecule has 1 fully saturated rings. The molecule has 0 bridgehead atoms. The number of amides is 1. The van der Waals surface area contributed by atoms with Crippen LogP contribution in [0.25, 0.3) is 11.0 Å². The van der Waals surface area contributed by atoms with Crippen LogP contribution in [-0.4, -0.2) is 73.0 Å². The van der Waals surface area contributed by atoms with E-state index >= 15 is 0 Å². The number of para-hydroxylation sites is 2. The second kappa shape index (κ2) is 11.7. The molecule has 8 heteroatoms. The number of ether oxygens (including phenoxy) is 3. The molecule has 33 heavy (non-hydrogen) atoms. The fourth-order valence-corrected chi connectivity index (χ4v) is 3.94. The minimum atomic E-state index is -0.153. The average Bonchev–Trinajstić information content (AvgIpc) is 3.20. The van der Waals surface area contributed by atoms with Crippen molar-refractivity contribution in [1.29, 1.82) is 0 Å². The molecule has 0 radical (unpaired) electrons. The van der Waals surface area contributed by atoms with Crippen LogP contribution in [0.5, 0.6) is 11.5 Å². The summed E-state index contributed by atoms with van der Waals surface area (Å²) >= 11 is 0. The van der Waals surface area contributed by atoms with Gasteiger partial charge in [0.1, 0.15) is 17.3 Å². The standard InChI is InChI=1S/C25H32N4O4/c1-2-32-20-7-9-21(10-8-20)33-19-25(30)26-12-11-24-27-22-5-3-4-6-23(22)29(24)14-13-28-15-17-31-18-16-28/h3-10H,2,11-19H2,1H3,(H,26,30). The highest BCUT2D eigenvalue weighted by molar-refractivity contribution is 5.77. The van der Waals surface area contributed by atoms with E-state index in [0.717, 1.165) is 62.0 Å². The van der Waals surface area contributed by atoms with Gasteiger partial charge in [-0.25, -0.2) is 4.98 Å². The molecule has 1 aliphatic rings. The molecule has 2 aromatic carbocycles. The van der Waals surface area contributed by atoms with Gasteiger partial charge in [0, 0.05) is 39.1 Å². The molecule has 1 aliphatic heterocycles. The first kappa shape index (κ1) is 23.1. The van der Waals surface area contributed by atoms with Gasteiger partial charge in [0.05, 0.1) is 30.9 Å². The largest absolute Gasteiger partial charge is 0.494 e. The van der Waals surface area contributed by atoms with E-state index in [4.69, 9.17) is 19.2 Å². The van der Waals surface area contributed by atoms with Crippen molar-refractivity contribution >= 4 is 16.9 Å². The summed E-state index contributed by atoms with van der Waals surface area (Å²) in [6.45, 7) is 8.37. The quantitative estimate of drug-likeness (QED) is 0.482. The van der Waals surface area contributed by atoms with E-state index in [2.05, 4.69) is 20.9 Å². The molecule has 1 aromatic heterocycles. The van der Waals surface area contributed by atoms with E-state index in [1.165, 1.54) is 0 Å². The molecular formula is C25H32N4O4. The van der Waals surface area contributed by atoms with Crippen LogP contribution in [0.2, 0.25) is 0 Å². The second-order valence-corrected chi connectivity index (χ2v) is 7.92. The Balaban J connectivity index is 1.28. The molecular weight excluding hydrogens is 420 g/mol. The highest BCUT2D eigenvalue weighted by atomic mass is 16.5. The van der Waals surface area contributed by atoms with Gasteiger partial charge in [-0.2, -0.15) is 0 Å². The fraction of sp³-hybridized carbons (Fsp3) is 0.440. The third kappa shape index (κ3) is 6.46. The lowest BCUT2D eigenvalue weighted by molar-refractivity contribution is -0.123. The summed E-state index contributed by atoms with van der Waals surface area (Å²) in [6, 6.07) is 15.5. The predicted octanol–water partition coefficient (Wildman–Crippen LogP) is 2.50. The Kier molecular flexibility index (Phi) is 8.16. The lowest BCUT2D eigenvalue weighted by Gasteiger charge is -2.27. The van der Waals surface area contributed by atoms with Crippen molar-refractivity contribution in [2.24, 2.45) is 0 Å². The molecule has 1 amide bonds. The Bertz CT molecular complexity index is 1030. The molecule has 1 N–H and O–H groups in total. The minimum Gasteiger partial charge on any atom is -0.494 e. The molecule has 1 saturated heterocycles. The Morgan fingerprint density at radius 1 is 1.03 bits per heavy atom. The van der Waals surface area contributed by atoms with E-state index in [1.807, 2.05) is 37.3 Å². The van der Waals surface area contributed by atoms with Crippen LogP contribution < -0.4 is 14.8 Å². The van der Waals surface area contributed by atoms with E-state index < -0.39 is 0 Å². The van der Waals surface area contributed by atoms with Crippen LogP contribution >= 0.6 is 0 Å². The summed E-state index contributed by atoms with van der Waals surface area (Å²) in [5.41, 5.74) is 2.12. The Hall–Kier alpha value is -3.10.